The van der Waals surface area contributed by atoms with Crippen LogP contribution in [-0.4, -0.2) is 6.54 Å². The minimum absolute atomic E-state index is 0.520. The summed E-state index contributed by atoms with van der Waals surface area (Å²) in [5.74, 6) is 1.55. The van der Waals surface area contributed by atoms with Gasteiger partial charge in [0.15, 0.2) is 0 Å². The van der Waals surface area contributed by atoms with E-state index in [0.29, 0.717) is 5.92 Å². The Balaban J connectivity index is 1.81. The highest BCUT2D eigenvalue weighted by Gasteiger charge is 2.05. The van der Waals surface area contributed by atoms with Crippen LogP contribution in [0.5, 0.6) is 0 Å². The summed E-state index contributed by atoms with van der Waals surface area (Å²) in [4.78, 5) is 0. The highest BCUT2D eigenvalue weighted by molar-refractivity contribution is 5.19. The van der Waals surface area contributed by atoms with E-state index in [2.05, 4.69) is 49.5 Å². The molecule has 0 fully saturated rings. The third-order valence-electron chi connectivity index (χ3n) is 3.07. The van der Waals surface area contributed by atoms with Gasteiger partial charge in [-0.15, -0.1) is 0 Å². The SMILES string of the molecule is Cc1ccoc1CNCC(C)c1ccccc1. The molecule has 0 aliphatic rings. The molecule has 17 heavy (non-hydrogen) atoms. The molecule has 0 aliphatic heterocycles. The van der Waals surface area contributed by atoms with Crippen LogP contribution in [0.2, 0.25) is 0 Å². The van der Waals surface area contributed by atoms with Crippen LogP contribution in [-0.2, 0) is 6.54 Å². The molecule has 2 aromatic rings. The topological polar surface area (TPSA) is 25.2 Å². The highest BCUT2D eigenvalue weighted by Crippen LogP contribution is 2.14. The van der Waals surface area contributed by atoms with E-state index in [-0.39, 0.29) is 0 Å². The molecule has 0 bridgehead atoms. The largest absolute Gasteiger partial charge is 0.468 e. The van der Waals surface area contributed by atoms with Crippen molar-refractivity contribution < 1.29 is 4.42 Å². The Labute approximate surface area is 103 Å². The predicted octanol–water partition coefficient (Wildman–Crippen LogP) is 3.48. The maximum Gasteiger partial charge on any atom is 0.120 e. The molecule has 1 atom stereocenters. The fourth-order valence-corrected chi connectivity index (χ4v) is 1.89. The average Bonchev–Trinajstić information content (AvgIpc) is 2.76. The van der Waals surface area contributed by atoms with E-state index in [0.717, 1.165) is 18.8 Å². The monoisotopic (exact) mass is 229 g/mol. The van der Waals surface area contributed by atoms with E-state index >= 15 is 0 Å². The van der Waals surface area contributed by atoms with E-state index in [1.807, 2.05) is 6.07 Å². The summed E-state index contributed by atoms with van der Waals surface area (Å²) in [5.41, 5.74) is 2.58. The van der Waals surface area contributed by atoms with Gasteiger partial charge in [0.1, 0.15) is 5.76 Å². The first-order valence-corrected chi connectivity index (χ1v) is 6.06. The summed E-state index contributed by atoms with van der Waals surface area (Å²) in [6.45, 7) is 6.07. The van der Waals surface area contributed by atoms with Crippen molar-refractivity contribution in [1.29, 1.82) is 0 Å². The molecule has 1 N–H and O–H groups in total. The van der Waals surface area contributed by atoms with Gasteiger partial charge in [0.05, 0.1) is 12.8 Å². The maximum absolute atomic E-state index is 5.39. The Hall–Kier alpha value is -1.54. The molecule has 2 rings (SSSR count). The van der Waals surface area contributed by atoms with Crippen molar-refractivity contribution >= 4 is 0 Å². The lowest BCUT2D eigenvalue weighted by atomic mass is 10.0. The lowest BCUT2D eigenvalue weighted by molar-refractivity contribution is 0.474. The van der Waals surface area contributed by atoms with E-state index in [1.165, 1.54) is 11.1 Å². The van der Waals surface area contributed by atoms with Gasteiger partial charge >= 0.3 is 0 Å². The van der Waals surface area contributed by atoms with Crippen LogP contribution >= 0.6 is 0 Å². The first kappa shape index (κ1) is 11.9. The van der Waals surface area contributed by atoms with Crippen LogP contribution in [0.25, 0.3) is 0 Å². The normalized spacial score (nSPS) is 12.6. The number of aryl methyl sites for hydroxylation is 1. The lowest BCUT2D eigenvalue weighted by Gasteiger charge is -2.12. The number of nitrogens with one attached hydrogen (secondary N) is 1. The highest BCUT2D eigenvalue weighted by atomic mass is 16.3. The molecule has 1 aromatic heterocycles. The van der Waals surface area contributed by atoms with Crippen molar-refractivity contribution in [3.63, 3.8) is 0 Å². The van der Waals surface area contributed by atoms with Crippen molar-refractivity contribution in [3.05, 3.63) is 59.5 Å². The van der Waals surface area contributed by atoms with Crippen LogP contribution < -0.4 is 5.32 Å². The second-order valence-corrected chi connectivity index (χ2v) is 4.47. The number of furan rings is 1. The Morgan fingerprint density at radius 2 is 1.94 bits per heavy atom. The quantitative estimate of drug-likeness (QED) is 0.849. The first-order valence-electron chi connectivity index (χ1n) is 6.06. The fraction of sp³-hybridized carbons (Fsp3) is 0.333. The van der Waals surface area contributed by atoms with Crippen LogP contribution in [0.3, 0.4) is 0 Å². The molecule has 2 heteroatoms. The molecule has 0 saturated heterocycles. The van der Waals surface area contributed by atoms with Gasteiger partial charge in [-0.2, -0.15) is 0 Å². The number of rotatable bonds is 5. The Morgan fingerprint density at radius 3 is 2.59 bits per heavy atom. The molecule has 0 amide bonds. The zero-order valence-corrected chi connectivity index (χ0v) is 10.4. The fourth-order valence-electron chi connectivity index (χ4n) is 1.89. The molecule has 1 aromatic carbocycles. The Morgan fingerprint density at radius 1 is 1.18 bits per heavy atom. The van der Waals surface area contributed by atoms with Crippen LogP contribution in [0.1, 0.15) is 29.7 Å². The maximum atomic E-state index is 5.39. The van der Waals surface area contributed by atoms with Gasteiger partial charge < -0.3 is 9.73 Å². The van der Waals surface area contributed by atoms with Gasteiger partial charge in [-0.1, -0.05) is 37.3 Å². The van der Waals surface area contributed by atoms with Gasteiger partial charge in [-0.3, -0.25) is 0 Å². The second kappa shape index (κ2) is 5.69. The molecule has 0 saturated carbocycles. The zero-order valence-electron chi connectivity index (χ0n) is 10.4. The van der Waals surface area contributed by atoms with Gasteiger partial charge in [0.2, 0.25) is 0 Å². The smallest absolute Gasteiger partial charge is 0.120 e. The molecule has 2 nitrogen and oxygen atoms in total. The average molecular weight is 229 g/mol. The second-order valence-electron chi connectivity index (χ2n) is 4.47. The summed E-state index contributed by atoms with van der Waals surface area (Å²) < 4.78 is 5.39. The van der Waals surface area contributed by atoms with Crippen LogP contribution in [0.4, 0.5) is 0 Å². The number of benzene rings is 1. The molecule has 0 aliphatic carbocycles. The van der Waals surface area contributed by atoms with Gasteiger partial charge in [0.25, 0.3) is 0 Å². The van der Waals surface area contributed by atoms with Crippen LogP contribution in [0, 0.1) is 6.92 Å². The van der Waals surface area contributed by atoms with Crippen molar-refractivity contribution in [3.8, 4) is 0 Å². The summed E-state index contributed by atoms with van der Waals surface area (Å²) in [6.07, 6.45) is 1.74. The lowest BCUT2D eigenvalue weighted by Crippen LogP contribution is -2.19. The number of hydrogen-bond acceptors (Lipinski definition) is 2. The molecular weight excluding hydrogens is 210 g/mol. The molecule has 0 radical (unpaired) electrons. The Kier molecular flexibility index (Phi) is 3.99. The van der Waals surface area contributed by atoms with Gasteiger partial charge in [-0.05, 0) is 30.0 Å². The molecule has 1 heterocycles. The summed E-state index contributed by atoms with van der Waals surface area (Å²) in [5, 5.41) is 3.43. The third-order valence-corrected chi connectivity index (χ3v) is 3.07. The first-order chi connectivity index (χ1) is 8.27. The van der Waals surface area contributed by atoms with E-state index in [4.69, 9.17) is 4.42 Å². The standard InChI is InChI=1S/C15H19NO/c1-12-8-9-17-15(12)11-16-10-13(2)14-6-4-3-5-7-14/h3-9,13,16H,10-11H2,1-2H3. The van der Waals surface area contributed by atoms with E-state index < -0.39 is 0 Å². The van der Waals surface area contributed by atoms with E-state index in [1.54, 1.807) is 6.26 Å². The summed E-state index contributed by atoms with van der Waals surface area (Å²) >= 11 is 0. The molecule has 0 spiro atoms. The molecular formula is C15H19NO. The van der Waals surface area contributed by atoms with Crippen molar-refractivity contribution in [2.75, 3.05) is 6.54 Å². The Bertz CT molecular complexity index is 447. The van der Waals surface area contributed by atoms with Crippen molar-refractivity contribution in [2.45, 2.75) is 26.3 Å². The third kappa shape index (κ3) is 3.21. The van der Waals surface area contributed by atoms with Crippen molar-refractivity contribution in [1.82, 2.24) is 5.32 Å². The summed E-state index contributed by atoms with van der Waals surface area (Å²) in [7, 11) is 0. The van der Waals surface area contributed by atoms with Crippen molar-refractivity contribution in [2.24, 2.45) is 0 Å². The predicted molar refractivity (Wildman–Crippen MR) is 70.0 cm³/mol. The van der Waals surface area contributed by atoms with Crippen LogP contribution in [0.15, 0.2) is 47.1 Å². The number of hydrogen-bond donors (Lipinski definition) is 1. The summed E-state index contributed by atoms with van der Waals surface area (Å²) in [6, 6.07) is 12.6. The molecule has 90 valence electrons. The molecule has 1 unspecified atom stereocenters. The minimum atomic E-state index is 0.520. The zero-order chi connectivity index (χ0) is 12.1. The van der Waals surface area contributed by atoms with Gasteiger partial charge in [0, 0.05) is 6.54 Å². The minimum Gasteiger partial charge on any atom is -0.468 e. The van der Waals surface area contributed by atoms with E-state index in [9.17, 15) is 0 Å². The van der Waals surface area contributed by atoms with Gasteiger partial charge in [-0.25, -0.2) is 0 Å².